The third-order valence-corrected chi connectivity index (χ3v) is 3.34. The Hall–Kier alpha value is -1.78. The van der Waals surface area contributed by atoms with Crippen molar-refractivity contribution in [3.05, 3.63) is 58.4 Å². The van der Waals surface area contributed by atoms with E-state index in [0.29, 0.717) is 22.1 Å². The van der Waals surface area contributed by atoms with Gasteiger partial charge in [0.2, 0.25) is 0 Å². The average Bonchev–Trinajstić information content (AvgIpc) is 2.46. The molecule has 2 aromatic carbocycles. The summed E-state index contributed by atoms with van der Waals surface area (Å²) in [6, 6.07) is 9.64. The van der Waals surface area contributed by atoms with Gasteiger partial charge in [-0.15, -0.1) is 0 Å². The van der Waals surface area contributed by atoms with E-state index in [1.165, 1.54) is 13.2 Å². The van der Waals surface area contributed by atoms with Crippen molar-refractivity contribution in [2.75, 3.05) is 7.11 Å². The van der Waals surface area contributed by atoms with Crippen molar-refractivity contribution in [3.63, 3.8) is 0 Å². The summed E-state index contributed by atoms with van der Waals surface area (Å²) in [6.07, 6.45) is 0. The minimum Gasteiger partial charge on any atom is -0.497 e. The van der Waals surface area contributed by atoms with Gasteiger partial charge in [0.05, 0.1) is 7.11 Å². The molecule has 0 heterocycles. The highest BCUT2D eigenvalue weighted by atomic mass is 35.5. The summed E-state index contributed by atoms with van der Waals surface area (Å²) in [4.78, 5) is 0. The zero-order valence-electron chi connectivity index (χ0n) is 11.9. The lowest BCUT2D eigenvalue weighted by atomic mass is 10.1. The maximum absolute atomic E-state index is 13.9. The Balaban J connectivity index is 2.16. The second-order valence-electron chi connectivity index (χ2n) is 4.72. The standard InChI is InChI=1S/C16H17ClFNO2/c1-10(19)14-7-12(17)4-6-16(14)21-9-11-3-5-13(20-2)8-15(11)18/h3-8,10H,9,19H2,1-2H3/t10-/m0/s1. The van der Waals surface area contributed by atoms with E-state index in [9.17, 15) is 4.39 Å². The molecular formula is C16H17ClFNO2. The van der Waals surface area contributed by atoms with E-state index in [1.807, 2.05) is 6.92 Å². The van der Waals surface area contributed by atoms with Gasteiger partial charge in [0, 0.05) is 28.3 Å². The van der Waals surface area contributed by atoms with Gasteiger partial charge < -0.3 is 15.2 Å². The van der Waals surface area contributed by atoms with Crippen molar-refractivity contribution in [1.29, 1.82) is 0 Å². The molecule has 0 spiro atoms. The fraction of sp³-hybridized carbons (Fsp3) is 0.250. The van der Waals surface area contributed by atoms with Crippen molar-refractivity contribution in [1.82, 2.24) is 0 Å². The molecule has 1 atom stereocenters. The minimum atomic E-state index is -0.370. The number of ether oxygens (including phenoxy) is 2. The van der Waals surface area contributed by atoms with Crippen molar-refractivity contribution in [3.8, 4) is 11.5 Å². The third-order valence-electron chi connectivity index (χ3n) is 3.11. The molecule has 2 rings (SSSR count). The first-order valence-electron chi connectivity index (χ1n) is 6.51. The maximum atomic E-state index is 13.9. The summed E-state index contributed by atoms with van der Waals surface area (Å²) in [5, 5.41) is 0.588. The molecule has 5 heteroatoms. The summed E-state index contributed by atoms with van der Waals surface area (Å²) in [5.41, 5.74) is 7.12. The Morgan fingerprint density at radius 1 is 1.24 bits per heavy atom. The molecule has 0 saturated heterocycles. The molecular weight excluding hydrogens is 293 g/mol. The van der Waals surface area contributed by atoms with Crippen LogP contribution in [0.2, 0.25) is 5.02 Å². The molecule has 0 saturated carbocycles. The summed E-state index contributed by atoms with van der Waals surface area (Å²) in [6.45, 7) is 1.95. The largest absolute Gasteiger partial charge is 0.497 e. The molecule has 112 valence electrons. The predicted octanol–water partition coefficient (Wildman–Crippen LogP) is 4.09. The third kappa shape index (κ3) is 3.86. The van der Waals surface area contributed by atoms with Crippen LogP contribution in [0.3, 0.4) is 0 Å². The fourth-order valence-corrected chi connectivity index (χ4v) is 2.11. The van der Waals surface area contributed by atoms with Gasteiger partial charge >= 0.3 is 0 Å². The van der Waals surface area contributed by atoms with Crippen LogP contribution < -0.4 is 15.2 Å². The van der Waals surface area contributed by atoms with E-state index in [0.717, 1.165) is 5.56 Å². The summed E-state index contributed by atoms with van der Waals surface area (Å²) in [7, 11) is 1.49. The SMILES string of the molecule is COc1ccc(COc2ccc(Cl)cc2[C@H](C)N)c(F)c1. The van der Waals surface area contributed by atoms with E-state index in [4.69, 9.17) is 26.8 Å². The highest BCUT2D eigenvalue weighted by molar-refractivity contribution is 6.30. The fourth-order valence-electron chi connectivity index (χ4n) is 1.93. The van der Waals surface area contributed by atoms with Crippen LogP contribution in [0.4, 0.5) is 4.39 Å². The van der Waals surface area contributed by atoms with Crippen LogP contribution in [-0.2, 0) is 6.61 Å². The van der Waals surface area contributed by atoms with E-state index < -0.39 is 0 Å². The van der Waals surface area contributed by atoms with Crippen LogP contribution in [0.1, 0.15) is 24.1 Å². The number of halogens is 2. The quantitative estimate of drug-likeness (QED) is 0.905. The average molecular weight is 310 g/mol. The second-order valence-corrected chi connectivity index (χ2v) is 5.15. The molecule has 0 unspecified atom stereocenters. The van der Waals surface area contributed by atoms with Gasteiger partial charge in [-0.1, -0.05) is 11.6 Å². The minimum absolute atomic E-state index is 0.108. The van der Waals surface area contributed by atoms with Gasteiger partial charge in [-0.2, -0.15) is 0 Å². The van der Waals surface area contributed by atoms with Crippen LogP contribution in [0.15, 0.2) is 36.4 Å². The number of hydrogen-bond donors (Lipinski definition) is 1. The van der Waals surface area contributed by atoms with Crippen molar-refractivity contribution in [2.24, 2.45) is 5.73 Å². The summed E-state index contributed by atoms with van der Waals surface area (Å²) >= 11 is 5.95. The molecule has 0 aliphatic carbocycles. The maximum Gasteiger partial charge on any atom is 0.133 e. The Morgan fingerprint density at radius 3 is 2.62 bits per heavy atom. The van der Waals surface area contributed by atoms with Gasteiger partial charge in [-0.25, -0.2) is 4.39 Å². The monoisotopic (exact) mass is 309 g/mol. The molecule has 2 N–H and O–H groups in total. The zero-order valence-corrected chi connectivity index (χ0v) is 12.7. The highest BCUT2D eigenvalue weighted by Crippen LogP contribution is 2.28. The lowest BCUT2D eigenvalue weighted by molar-refractivity contribution is 0.295. The van der Waals surface area contributed by atoms with Crippen molar-refractivity contribution >= 4 is 11.6 Å². The Labute approximate surface area is 128 Å². The molecule has 0 aliphatic heterocycles. The van der Waals surface area contributed by atoms with Crippen LogP contribution in [0.5, 0.6) is 11.5 Å². The van der Waals surface area contributed by atoms with Gasteiger partial charge in [0.25, 0.3) is 0 Å². The van der Waals surface area contributed by atoms with E-state index in [2.05, 4.69) is 0 Å². The first-order valence-corrected chi connectivity index (χ1v) is 6.89. The first-order chi connectivity index (χ1) is 10.0. The molecule has 21 heavy (non-hydrogen) atoms. The van der Waals surface area contributed by atoms with Gasteiger partial charge in [-0.3, -0.25) is 0 Å². The first kappa shape index (κ1) is 15.6. The van der Waals surface area contributed by atoms with Crippen LogP contribution in [-0.4, -0.2) is 7.11 Å². The predicted molar refractivity (Wildman–Crippen MR) is 81.3 cm³/mol. The second kappa shape index (κ2) is 6.78. The lowest BCUT2D eigenvalue weighted by Gasteiger charge is -2.15. The molecule has 2 aromatic rings. The zero-order chi connectivity index (χ0) is 15.4. The summed E-state index contributed by atoms with van der Waals surface area (Å²) in [5.74, 6) is 0.703. The smallest absolute Gasteiger partial charge is 0.133 e. The normalized spacial score (nSPS) is 12.0. The number of methoxy groups -OCH3 is 1. The van der Waals surface area contributed by atoms with E-state index in [1.54, 1.807) is 30.3 Å². The van der Waals surface area contributed by atoms with Crippen LogP contribution >= 0.6 is 11.6 Å². The molecule has 0 amide bonds. The van der Waals surface area contributed by atoms with E-state index >= 15 is 0 Å². The molecule has 3 nitrogen and oxygen atoms in total. The van der Waals surface area contributed by atoms with Crippen molar-refractivity contribution < 1.29 is 13.9 Å². The Kier molecular flexibility index (Phi) is 5.04. The molecule has 0 fully saturated rings. The van der Waals surface area contributed by atoms with Gasteiger partial charge in [0.15, 0.2) is 0 Å². The highest BCUT2D eigenvalue weighted by Gasteiger charge is 2.11. The van der Waals surface area contributed by atoms with Crippen LogP contribution in [0, 0.1) is 5.82 Å². The number of hydrogen-bond acceptors (Lipinski definition) is 3. The Morgan fingerprint density at radius 2 is 2.00 bits per heavy atom. The number of rotatable bonds is 5. The molecule has 0 aromatic heterocycles. The topological polar surface area (TPSA) is 44.5 Å². The molecule has 0 bridgehead atoms. The molecule has 0 radical (unpaired) electrons. The number of benzene rings is 2. The van der Waals surface area contributed by atoms with Gasteiger partial charge in [0.1, 0.15) is 23.9 Å². The van der Waals surface area contributed by atoms with Crippen molar-refractivity contribution in [2.45, 2.75) is 19.6 Å². The van der Waals surface area contributed by atoms with Gasteiger partial charge in [-0.05, 0) is 37.3 Å². The summed E-state index contributed by atoms with van der Waals surface area (Å²) < 4.78 is 24.5. The van der Waals surface area contributed by atoms with Crippen LogP contribution in [0.25, 0.3) is 0 Å². The number of nitrogens with two attached hydrogens (primary N) is 1. The molecule has 0 aliphatic rings. The Bertz CT molecular complexity index is 632. The van der Waals surface area contributed by atoms with E-state index in [-0.39, 0.29) is 18.5 Å². The lowest BCUT2D eigenvalue weighted by Crippen LogP contribution is -2.08.